The van der Waals surface area contributed by atoms with Crippen LogP contribution in [-0.2, 0) is 6.54 Å². The van der Waals surface area contributed by atoms with Gasteiger partial charge in [0.1, 0.15) is 4.83 Å². The van der Waals surface area contributed by atoms with Crippen molar-refractivity contribution < 1.29 is 4.79 Å². The number of rotatable bonds is 3. The van der Waals surface area contributed by atoms with E-state index in [1.807, 2.05) is 32.9 Å². The van der Waals surface area contributed by atoms with Crippen molar-refractivity contribution in [2.75, 3.05) is 0 Å². The van der Waals surface area contributed by atoms with Gasteiger partial charge in [0.25, 0.3) is 5.56 Å². The molecule has 0 aliphatic heterocycles. The lowest BCUT2D eigenvalue weighted by Gasteiger charge is -2.05. The highest BCUT2D eigenvalue weighted by atomic mass is 32.1. The Bertz CT molecular complexity index is 920. The molecule has 0 N–H and O–H groups in total. The fraction of sp³-hybridized carbons (Fsp3) is 0.235. The molecule has 0 radical (unpaired) electrons. The normalized spacial score (nSPS) is 11.0. The molecule has 1 aromatic carbocycles. The van der Waals surface area contributed by atoms with E-state index in [9.17, 15) is 9.59 Å². The van der Waals surface area contributed by atoms with Crippen LogP contribution in [0.4, 0.5) is 0 Å². The first-order valence-electron chi connectivity index (χ1n) is 7.02. The maximum absolute atomic E-state index is 12.6. The summed E-state index contributed by atoms with van der Waals surface area (Å²) in [7, 11) is 0. The predicted octanol–water partition coefficient (Wildman–Crippen LogP) is 3.27. The Balaban J connectivity index is 1.99. The number of benzene rings is 1. The number of Topliss-reactive ketones (excluding diaryl/α,β-unsaturated/α-hetero) is 1. The van der Waals surface area contributed by atoms with Gasteiger partial charge in [-0.3, -0.25) is 14.2 Å². The van der Waals surface area contributed by atoms with E-state index in [0.29, 0.717) is 10.9 Å². The lowest BCUT2D eigenvalue weighted by atomic mass is 10.1. The number of carbonyl (C=O) groups excluding carboxylic acids is 1. The second kappa shape index (κ2) is 5.50. The van der Waals surface area contributed by atoms with Crippen LogP contribution in [0.25, 0.3) is 10.2 Å². The van der Waals surface area contributed by atoms with Gasteiger partial charge >= 0.3 is 0 Å². The van der Waals surface area contributed by atoms with Crippen molar-refractivity contribution in [3.63, 3.8) is 0 Å². The van der Waals surface area contributed by atoms with Crippen LogP contribution in [0.15, 0.2) is 35.4 Å². The van der Waals surface area contributed by atoms with Crippen LogP contribution in [0.3, 0.4) is 0 Å². The van der Waals surface area contributed by atoms with E-state index in [1.165, 1.54) is 22.2 Å². The van der Waals surface area contributed by atoms with Crippen LogP contribution in [0.2, 0.25) is 0 Å². The third-order valence-corrected chi connectivity index (χ3v) is 4.96. The van der Waals surface area contributed by atoms with Crippen molar-refractivity contribution in [3.8, 4) is 0 Å². The first kappa shape index (κ1) is 14.7. The summed E-state index contributed by atoms with van der Waals surface area (Å²) in [6.45, 7) is 5.88. The monoisotopic (exact) mass is 312 g/mol. The molecule has 2 aromatic heterocycles. The van der Waals surface area contributed by atoms with Crippen molar-refractivity contribution >= 4 is 27.3 Å². The molecule has 0 aliphatic carbocycles. The average Bonchev–Trinajstić information content (AvgIpc) is 2.78. The molecule has 112 valence electrons. The summed E-state index contributed by atoms with van der Waals surface area (Å²) in [4.78, 5) is 31.0. The number of aromatic nitrogens is 2. The van der Waals surface area contributed by atoms with Gasteiger partial charge in [-0.2, -0.15) is 0 Å². The first-order chi connectivity index (χ1) is 10.5. The van der Waals surface area contributed by atoms with E-state index in [0.717, 1.165) is 20.8 Å². The highest BCUT2D eigenvalue weighted by molar-refractivity contribution is 7.18. The van der Waals surface area contributed by atoms with Gasteiger partial charge in [-0.15, -0.1) is 11.3 Å². The maximum Gasteiger partial charge on any atom is 0.262 e. The summed E-state index contributed by atoms with van der Waals surface area (Å²) in [6.07, 6.45) is 1.46. The smallest absolute Gasteiger partial charge is 0.262 e. The Hall–Kier alpha value is -2.27. The molecule has 4 nitrogen and oxygen atoms in total. The zero-order valence-corrected chi connectivity index (χ0v) is 13.5. The number of thiophene rings is 1. The zero-order valence-electron chi connectivity index (χ0n) is 12.7. The minimum absolute atomic E-state index is 0.0131. The highest BCUT2D eigenvalue weighted by Crippen LogP contribution is 2.25. The van der Waals surface area contributed by atoms with Crippen LogP contribution in [0.5, 0.6) is 0 Å². The van der Waals surface area contributed by atoms with Gasteiger partial charge in [0.15, 0.2) is 5.78 Å². The topological polar surface area (TPSA) is 52.0 Å². The van der Waals surface area contributed by atoms with Gasteiger partial charge in [0, 0.05) is 10.4 Å². The lowest BCUT2D eigenvalue weighted by Crippen LogP contribution is -2.24. The number of aryl methyl sites for hydroxylation is 3. The molecule has 22 heavy (non-hydrogen) atoms. The number of ketones is 1. The molecule has 0 aliphatic rings. The molecule has 0 saturated carbocycles. The molecule has 3 rings (SSSR count). The summed E-state index contributed by atoms with van der Waals surface area (Å²) in [5.41, 5.74) is 2.51. The van der Waals surface area contributed by atoms with Crippen molar-refractivity contribution in [2.45, 2.75) is 27.3 Å². The SMILES string of the molecule is Cc1ccc(C(=O)Cn2cnc3sc(C)c(C)c3c2=O)cc1. The Morgan fingerprint density at radius 2 is 1.86 bits per heavy atom. The van der Waals surface area contributed by atoms with Gasteiger partial charge < -0.3 is 0 Å². The molecule has 0 amide bonds. The summed E-state index contributed by atoms with van der Waals surface area (Å²) in [5.74, 6) is -0.0899. The van der Waals surface area contributed by atoms with Gasteiger partial charge in [0.05, 0.1) is 18.3 Å². The maximum atomic E-state index is 12.6. The third-order valence-electron chi connectivity index (χ3n) is 3.84. The second-order valence-electron chi connectivity index (χ2n) is 5.43. The van der Waals surface area contributed by atoms with E-state index >= 15 is 0 Å². The molecule has 0 bridgehead atoms. The Morgan fingerprint density at radius 1 is 1.18 bits per heavy atom. The van der Waals surface area contributed by atoms with Gasteiger partial charge in [-0.05, 0) is 26.3 Å². The molecule has 0 unspecified atom stereocenters. The Morgan fingerprint density at radius 3 is 2.55 bits per heavy atom. The minimum atomic E-state index is -0.146. The molecular formula is C17H16N2O2S. The van der Waals surface area contributed by atoms with Crippen molar-refractivity contribution in [1.82, 2.24) is 9.55 Å². The summed E-state index contributed by atoms with van der Waals surface area (Å²) in [6, 6.07) is 7.36. The molecule has 0 spiro atoms. The van der Waals surface area contributed by atoms with E-state index in [4.69, 9.17) is 0 Å². The number of nitrogens with zero attached hydrogens (tertiary/aromatic N) is 2. The molecule has 2 heterocycles. The number of hydrogen-bond donors (Lipinski definition) is 0. The molecule has 0 atom stereocenters. The quantitative estimate of drug-likeness (QED) is 0.698. The summed E-state index contributed by atoms with van der Waals surface area (Å²) >= 11 is 1.51. The van der Waals surface area contributed by atoms with E-state index in [1.54, 1.807) is 12.1 Å². The van der Waals surface area contributed by atoms with Crippen LogP contribution in [-0.4, -0.2) is 15.3 Å². The van der Waals surface area contributed by atoms with E-state index in [-0.39, 0.29) is 17.9 Å². The van der Waals surface area contributed by atoms with Crippen molar-refractivity contribution in [3.05, 3.63) is 62.5 Å². The van der Waals surface area contributed by atoms with Gasteiger partial charge in [0.2, 0.25) is 0 Å². The van der Waals surface area contributed by atoms with Crippen LogP contribution >= 0.6 is 11.3 Å². The molecule has 0 fully saturated rings. The van der Waals surface area contributed by atoms with Crippen LogP contribution in [0.1, 0.15) is 26.4 Å². The van der Waals surface area contributed by atoms with Crippen LogP contribution < -0.4 is 5.56 Å². The second-order valence-corrected chi connectivity index (χ2v) is 6.63. The van der Waals surface area contributed by atoms with Crippen LogP contribution in [0, 0.1) is 20.8 Å². The minimum Gasteiger partial charge on any atom is -0.292 e. The number of hydrogen-bond acceptors (Lipinski definition) is 4. The Labute approximate surface area is 132 Å². The lowest BCUT2D eigenvalue weighted by molar-refractivity contribution is 0.0970. The van der Waals surface area contributed by atoms with Gasteiger partial charge in [-0.25, -0.2) is 4.98 Å². The van der Waals surface area contributed by atoms with Crippen molar-refractivity contribution in [2.24, 2.45) is 0 Å². The summed E-state index contributed by atoms with van der Waals surface area (Å²) < 4.78 is 1.39. The number of carbonyl (C=O) groups is 1. The predicted molar refractivity (Wildman–Crippen MR) is 88.9 cm³/mol. The molecule has 5 heteroatoms. The van der Waals surface area contributed by atoms with E-state index in [2.05, 4.69) is 4.98 Å². The largest absolute Gasteiger partial charge is 0.292 e. The first-order valence-corrected chi connectivity index (χ1v) is 7.84. The number of fused-ring (bicyclic) bond motifs is 1. The third kappa shape index (κ3) is 2.48. The highest BCUT2D eigenvalue weighted by Gasteiger charge is 2.14. The zero-order chi connectivity index (χ0) is 15.9. The Kier molecular flexibility index (Phi) is 3.66. The standard InChI is InChI=1S/C17H16N2O2S/c1-10-4-6-13(7-5-10)14(20)8-19-9-18-16-15(17(19)21)11(2)12(3)22-16/h4-7,9H,8H2,1-3H3. The summed E-state index contributed by atoms with van der Waals surface area (Å²) in [5, 5.41) is 0.627. The van der Waals surface area contributed by atoms with Gasteiger partial charge in [-0.1, -0.05) is 29.8 Å². The molecular weight excluding hydrogens is 296 g/mol. The fourth-order valence-electron chi connectivity index (χ4n) is 2.37. The van der Waals surface area contributed by atoms with E-state index < -0.39 is 0 Å². The van der Waals surface area contributed by atoms with Crippen molar-refractivity contribution in [1.29, 1.82) is 0 Å². The fourth-order valence-corrected chi connectivity index (χ4v) is 3.36. The molecule has 3 aromatic rings. The molecule has 0 saturated heterocycles. The average molecular weight is 312 g/mol.